The van der Waals surface area contributed by atoms with Crippen molar-refractivity contribution in [3.63, 3.8) is 0 Å². The second-order valence-corrected chi connectivity index (χ2v) is 4.47. The summed E-state index contributed by atoms with van der Waals surface area (Å²) in [5.41, 5.74) is 0. The Morgan fingerprint density at radius 2 is 2.29 bits per heavy atom. The van der Waals surface area contributed by atoms with Gasteiger partial charge in [-0.25, -0.2) is 0 Å². The van der Waals surface area contributed by atoms with Gasteiger partial charge in [0.25, 0.3) is 0 Å². The first kappa shape index (κ1) is 9.93. The van der Waals surface area contributed by atoms with Crippen LogP contribution in [0.1, 0.15) is 12.8 Å². The number of carbonyl (C=O) groups excluding carboxylic acids is 1. The van der Waals surface area contributed by atoms with Crippen molar-refractivity contribution in [1.29, 1.82) is 0 Å². The number of amides is 1. The molecule has 2 N–H and O–H groups in total. The smallest absolute Gasteiger partial charge is 0.224 e. The van der Waals surface area contributed by atoms with Gasteiger partial charge in [-0.15, -0.1) is 0 Å². The van der Waals surface area contributed by atoms with E-state index >= 15 is 0 Å². The SMILES string of the molecule is CN1CC(NC(=O)[C@H]2CCCNC2)C1. The van der Waals surface area contributed by atoms with Gasteiger partial charge in [-0.3, -0.25) is 4.79 Å². The maximum absolute atomic E-state index is 11.7. The van der Waals surface area contributed by atoms with E-state index in [1.807, 2.05) is 0 Å². The number of likely N-dealkylation sites (tertiary alicyclic amines) is 1. The molecule has 4 heteroatoms. The molecule has 4 nitrogen and oxygen atoms in total. The Kier molecular flexibility index (Phi) is 3.03. The maximum atomic E-state index is 11.7. The monoisotopic (exact) mass is 197 g/mol. The normalized spacial score (nSPS) is 29.6. The lowest BCUT2D eigenvalue weighted by molar-refractivity contribution is -0.127. The third-order valence-corrected chi connectivity index (χ3v) is 3.08. The van der Waals surface area contributed by atoms with Crippen LogP contribution in [0.25, 0.3) is 0 Å². The van der Waals surface area contributed by atoms with Crippen LogP contribution in [-0.4, -0.2) is 50.1 Å². The van der Waals surface area contributed by atoms with E-state index in [0.717, 1.165) is 39.0 Å². The summed E-state index contributed by atoms with van der Waals surface area (Å²) in [5.74, 6) is 0.449. The zero-order valence-corrected chi connectivity index (χ0v) is 8.75. The molecular weight excluding hydrogens is 178 g/mol. The quantitative estimate of drug-likeness (QED) is 0.622. The zero-order valence-electron chi connectivity index (χ0n) is 8.75. The van der Waals surface area contributed by atoms with Gasteiger partial charge in [0.05, 0.1) is 12.0 Å². The van der Waals surface area contributed by atoms with E-state index in [-0.39, 0.29) is 11.8 Å². The van der Waals surface area contributed by atoms with Crippen molar-refractivity contribution in [2.45, 2.75) is 18.9 Å². The Morgan fingerprint density at radius 3 is 2.86 bits per heavy atom. The van der Waals surface area contributed by atoms with Crippen molar-refractivity contribution in [3.8, 4) is 0 Å². The second kappa shape index (κ2) is 4.28. The summed E-state index contributed by atoms with van der Waals surface area (Å²) in [5, 5.41) is 6.36. The van der Waals surface area contributed by atoms with Crippen LogP contribution in [0.2, 0.25) is 0 Å². The van der Waals surface area contributed by atoms with Crippen LogP contribution < -0.4 is 10.6 Å². The Morgan fingerprint density at radius 1 is 1.50 bits per heavy atom. The lowest BCUT2D eigenvalue weighted by atomic mass is 9.98. The molecule has 0 radical (unpaired) electrons. The molecule has 2 rings (SSSR count). The molecule has 2 saturated heterocycles. The fraction of sp³-hybridized carbons (Fsp3) is 0.900. The number of hydrogen-bond acceptors (Lipinski definition) is 3. The summed E-state index contributed by atoms with van der Waals surface area (Å²) in [6, 6.07) is 0.398. The lowest BCUT2D eigenvalue weighted by Crippen LogP contribution is -2.59. The van der Waals surface area contributed by atoms with Crippen LogP contribution in [-0.2, 0) is 4.79 Å². The Bertz CT molecular complexity index is 207. The van der Waals surface area contributed by atoms with Crippen molar-refractivity contribution < 1.29 is 4.79 Å². The summed E-state index contributed by atoms with van der Waals surface area (Å²) >= 11 is 0. The van der Waals surface area contributed by atoms with Gasteiger partial charge in [0.15, 0.2) is 0 Å². The van der Waals surface area contributed by atoms with E-state index < -0.39 is 0 Å². The van der Waals surface area contributed by atoms with Crippen LogP contribution in [0.15, 0.2) is 0 Å². The van der Waals surface area contributed by atoms with Crippen molar-refractivity contribution in [2.24, 2.45) is 5.92 Å². The first-order chi connectivity index (χ1) is 6.75. The van der Waals surface area contributed by atoms with Gasteiger partial charge in [-0.05, 0) is 26.4 Å². The average molecular weight is 197 g/mol. The largest absolute Gasteiger partial charge is 0.351 e. The number of carbonyl (C=O) groups is 1. The number of nitrogens with one attached hydrogen (secondary N) is 2. The van der Waals surface area contributed by atoms with E-state index in [2.05, 4.69) is 22.6 Å². The molecule has 0 spiro atoms. The summed E-state index contributed by atoms with van der Waals surface area (Å²) in [6.45, 7) is 3.93. The maximum Gasteiger partial charge on any atom is 0.224 e. The molecule has 1 amide bonds. The van der Waals surface area contributed by atoms with E-state index in [4.69, 9.17) is 0 Å². The Balaban J connectivity index is 1.71. The van der Waals surface area contributed by atoms with Crippen molar-refractivity contribution >= 4 is 5.91 Å². The van der Waals surface area contributed by atoms with Gasteiger partial charge >= 0.3 is 0 Å². The van der Waals surface area contributed by atoms with Gasteiger partial charge in [-0.2, -0.15) is 0 Å². The fourth-order valence-corrected chi connectivity index (χ4v) is 2.18. The minimum absolute atomic E-state index is 0.203. The molecule has 0 bridgehead atoms. The van der Waals surface area contributed by atoms with E-state index in [1.54, 1.807) is 0 Å². The highest BCUT2D eigenvalue weighted by Crippen LogP contribution is 2.11. The fourth-order valence-electron chi connectivity index (χ4n) is 2.18. The summed E-state index contributed by atoms with van der Waals surface area (Å²) in [6.07, 6.45) is 2.17. The highest BCUT2D eigenvalue weighted by Gasteiger charge is 2.28. The van der Waals surface area contributed by atoms with Crippen LogP contribution in [0.3, 0.4) is 0 Å². The number of hydrogen-bond donors (Lipinski definition) is 2. The molecule has 80 valence electrons. The van der Waals surface area contributed by atoms with Gasteiger partial charge in [0, 0.05) is 19.6 Å². The summed E-state index contributed by atoms with van der Waals surface area (Å²) in [7, 11) is 2.07. The molecule has 0 saturated carbocycles. The molecule has 0 aromatic rings. The second-order valence-electron chi connectivity index (χ2n) is 4.47. The zero-order chi connectivity index (χ0) is 9.97. The molecule has 14 heavy (non-hydrogen) atoms. The summed E-state index contributed by atoms with van der Waals surface area (Å²) < 4.78 is 0. The van der Waals surface area contributed by atoms with E-state index in [9.17, 15) is 4.79 Å². The predicted molar refractivity (Wildman–Crippen MR) is 55.0 cm³/mol. The Labute approximate surface area is 85.0 Å². The highest BCUT2D eigenvalue weighted by molar-refractivity contribution is 5.79. The molecule has 2 heterocycles. The van der Waals surface area contributed by atoms with Gasteiger partial charge in [-0.1, -0.05) is 0 Å². The first-order valence-electron chi connectivity index (χ1n) is 5.45. The predicted octanol–water partition coefficient (Wildman–Crippen LogP) is -0.584. The molecule has 2 aliphatic heterocycles. The molecule has 2 fully saturated rings. The Hall–Kier alpha value is -0.610. The average Bonchev–Trinajstić information content (AvgIpc) is 2.17. The molecular formula is C10H19N3O. The number of likely N-dealkylation sites (N-methyl/N-ethyl adjacent to an activating group) is 1. The standard InChI is InChI=1S/C10H19N3O/c1-13-6-9(7-13)12-10(14)8-3-2-4-11-5-8/h8-9,11H,2-7H2,1H3,(H,12,14)/t8-/m0/s1. The van der Waals surface area contributed by atoms with Crippen molar-refractivity contribution in [2.75, 3.05) is 33.2 Å². The molecule has 0 aromatic carbocycles. The van der Waals surface area contributed by atoms with Crippen LogP contribution >= 0.6 is 0 Å². The number of piperidine rings is 1. The first-order valence-corrected chi connectivity index (χ1v) is 5.45. The van der Waals surface area contributed by atoms with Gasteiger partial charge in [0.2, 0.25) is 5.91 Å². The lowest BCUT2D eigenvalue weighted by Gasteiger charge is -2.37. The van der Waals surface area contributed by atoms with Crippen LogP contribution in [0, 0.1) is 5.92 Å². The van der Waals surface area contributed by atoms with Crippen molar-refractivity contribution in [1.82, 2.24) is 15.5 Å². The molecule has 0 aromatic heterocycles. The van der Waals surface area contributed by atoms with Crippen molar-refractivity contribution in [3.05, 3.63) is 0 Å². The third-order valence-electron chi connectivity index (χ3n) is 3.08. The minimum atomic E-state index is 0.203. The topological polar surface area (TPSA) is 44.4 Å². The van der Waals surface area contributed by atoms with Gasteiger partial charge in [0.1, 0.15) is 0 Å². The molecule has 0 aliphatic carbocycles. The number of nitrogens with zero attached hydrogens (tertiary/aromatic N) is 1. The third kappa shape index (κ3) is 2.25. The minimum Gasteiger partial charge on any atom is -0.351 e. The molecule has 0 unspecified atom stereocenters. The molecule has 2 aliphatic rings. The van der Waals surface area contributed by atoms with E-state index in [1.165, 1.54) is 0 Å². The van der Waals surface area contributed by atoms with E-state index in [0.29, 0.717) is 6.04 Å². The number of rotatable bonds is 2. The van der Waals surface area contributed by atoms with Crippen LogP contribution in [0.5, 0.6) is 0 Å². The van der Waals surface area contributed by atoms with Crippen LogP contribution in [0.4, 0.5) is 0 Å². The van der Waals surface area contributed by atoms with Gasteiger partial charge < -0.3 is 15.5 Å². The summed E-state index contributed by atoms with van der Waals surface area (Å²) in [4.78, 5) is 14.0. The highest BCUT2D eigenvalue weighted by atomic mass is 16.2. The molecule has 1 atom stereocenters.